The Balaban J connectivity index is 1.08. The Morgan fingerprint density at radius 2 is 0.338 bits per heavy atom. The molecule has 68 heavy (non-hydrogen) atoms. The van der Waals surface area contributed by atoms with E-state index in [0.717, 1.165) is 79.0 Å². The summed E-state index contributed by atoms with van der Waals surface area (Å²) in [4.78, 5) is 9.45. The van der Waals surface area contributed by atoms with Gasteiger partial charge in [0.15, 0.2) is 0 Å². The zero-order valence-electron chi connectivity index (χ0n) is 39.7. The van der Waals surface area contributed by atoms with Gasteiger partial charge in [-0.15, -0.1) is 0 Å². The third-order valence-corrected chi connectivity index (χ3v) is 12.8. The molecular weight excluding hydrogens is 825 g/mol. The van der Waals surface area contributed by atoms with Gasteiger partial charge in [-0.05, 0) is 175 Å². The number of anilines is 12. The van der Waals surface area contributed by atoms with E-state index >= 15 is 0 Å². The minimum Gasteiger partial charge on any atom is -0.311 e. The maximum absolute atomic E-state index is 2.40. The molecule has 0 aliphatic carbocycles. The first-order valence-electron chi connectivity index (χ1n) is 23.5. The molecule has 0 radical (unpaired) electrons. The number of benzene rings is 10. The number of nitrogens with zero attached hydrogens (tertiary/aromatic N) is 4. The number of rotatable bonds is 12. The Morgan fingerprint density at radius 1 is 0.176 bits per heavy atom. The molecule has 0 aliphatic rings. The van der Waals surface area contributed by atoms with Crippen molar-refractivity contribution in [3.63, 3.8) is 0 Å². The van der Waals surface area contributed by atoms with Crippen LogP contribution in [0.3, 0.4) is 0 Å². The third kappa shape index (κ3) is 8.97. The molecular formula is C64H56N4. The molecule has 4 nitrogen and oxygen atoms in total. The van der Waals surface area contributed by atoms with E-state index in [0.29, 0.717) is 0 Å². The van der Waals surface area contributed by atoms with Crippen LogP contribution in [0.1, 0.15) is 33.4 Å². The van der Waals surface area contributed by atoms with E-state index < -0.39 is 0 Å². The van der Waals surface area contributed by atoms with Crippen molar-refractivity contribution in [2.45, 2.75) is 41.5 Å². The summed E-state index contributed by atoms with van der Waals surface area (Å²) in [5.74, 6) is 0. The fourth-order valence-electron chi connectivity index (χ4n) is 9.08. The van der Waals surface area contributed by atoms with Crippen molar-refractivity contribution in [1.29, 1.82) is 0 Å². The van der Waals surface area contributed by atoms with E-state index in [1.54, 1.807) is 0 Å². The van der Waals surface area contributed by atoms with Crippen LogP contribution in [-0.2, 0) is 0 Å². The van der Waals surface area contributed by atoms with Crippen LogP contribution in [0.5, 0.6) is 0 Å². The fourth-order valence-corrected chi connectivity index (χ4v) is 9.08. The van der Waals surface area contributed by atoms with Crippen LogP contribution in [-0.4, -0.2) is 0 Å². The Morgan fingerprint density at radius 3 is 0.529 bits per heavy atom. The topological polar surface area (TPSA) is 13.0 Å². The molecule has 0 aromatic heterocycles. The summed E-state index contributed by atoms with van der Waals surface area (Å²) >= 11 is 0. The summed E-state index contributed by atoms with van der Waals surface area (Å²) < 4.78 is 0. The predicted molar refractivity (Wildman–Crippen MR) is 291 cm³/mol. The van der Waals surface area contributed by atoms with Gasteiger partial charge in [-0.2, -0.15) is 0 Å². The highest BCUT2D eigenvalue weighted by atomic mass is 15.2. The zero-order valence-corrected chi connectivity index (χ0v) is 39.7. The second kappa shape index (κ2) is 18.9. The van der Waals surface area contributed by atoms with Crippen molar-refractivity contribution in [2.75, 3.05) is 19.6 Å². The van der Waals surface area contributed by atoms with E-state index in [4.69, 9.17) is 0 Å². The normalized spacial score (nSPS) is 11.1. The second-order valence-corrected chi connectivity index (χ2v) is 18.0. The van der Waals surface area contributed by atoms with Crippen molar-refractivity contribution in [2.24, 2.45) is 0 Å². The summed E-state index contributed by atoms with van der Waals surface area (Å²) in [5, 5.41) is 2.29. The Labute approximate surface area is 402 Å². The lowest BCUT2D eigenvalue weighted by atomic mass is 10.0. The second-order valence-electron chi connectivity index (χ2n) is 18.0. The molecule has 0 spiro atoms. The first kappa shape index (κ1) is 43.5. The third-order valence-electron chi connectivity index (χ3n) is 12.8. The molecule has 0 saturated heterocycles. The lowest BCUT2D eigenvalue weighted by molar-refractivity contribution is 1.25. The summed E-state index contributed by atoms with van der Waals surface area (Å²) in [6.07, 6.45) is 0. The highest BCUT2D eigenvalue weighted by molar-refractivity contribution is 6.07. The van der Waals surface area contributed by atoms with Gasteiger partial charge in [0.2, 0.25) is 0 Å². The van der Waals surface area contributed by atoms with Gasteiger partial charge in [-0.3, -0.25) is 0 Å². The lowest BCUT2D eigenvalue weighted by Gasteiger charge is -2.31. The summed E-state index contributed by atoms with van der Waals surface area (Å²) in [6, 6.07) is 84.2. The van der Waals surface area contributed by atoms with Gasteiger partial charge >= 0.3 is 0 Å². The average molecular weight is 881 g/mol. The van der Waals surface area contributed by atoms with E-state index in [2.05, 4.69) is 292 Å². The van der Waals surface area contributed by atoms with E-state index in [-0.39, 0.29) is 0 Å². The van der Waals surface area contributed by atoms with Gasteiger partial charge in [0.25, 0.3) is 0 Å². The summed E-state index contributed by atoms with van der Waals surface area (Å²) in [6.45, 7) is 12.8. The van der Waals surface area contributed by atoms with Gasteiger partial charge < -0.3 is 19.6 Å². The molecule has 0 saturated carbocycles. The van der Waals surface area contributed by atoms with Crippen LogP contribution in [0.25, 0.3) is 10.8 Å². The first-order chi connectivity index (χ1) is 33.2. The molecule has 0 aliphatic heterocycles. The van der Waals surface area contributed by atoms with Gasteiger partial charge in [0.05, 0.1) is 11.4 Å². The Hall–Kier alpha value is -8.34. The van der Waals surface area contributed by atoms with Crippen molar-refractivity contribution in [3.05, 3.63) is 264 Å². The van der Waals surface area contributed by atoms with Crippen molar-refractivity contribution in [3.8, 4) is 0 Å². The lowest BCUT2D eigenvalue weighted by Crippen LogP contribution is -2.14. The molecule has 10 aromatic carbocycles. The molecule has 0 N–H and O–H groups in total. The molecule has 0 amide bonds. The van der Waals surface area contributed by atoms with Crippen LogP contribution in [0.4, 0.5) is 68.2 Å². The van der Waals surface area contributed by atoms with Gasteiger partial charge in [-0.1, -0.05) is 130 Å². The molecule has 332 valence electrons. The SMILES string of the molecule is Cc1ccc(N(c2ccc(C)cc2)c2ccc(N(c3ccc(C)cc3)c3cccc4c(N(c5ccc(C)cc5)c5ccc(N(c6ccc(C)cc6)c6ccc(C)cc6)cc5)cccc34)cc2)cc1. The van der Waals surface area contributed by atoms with Crippen LogP contribution >= 0.6 is 0 Å². The van der Waals surface area contributed by atoms with Crippen molar-refractivity contribution >= 4 is 79.0 Å². The molecule has 0 fully saturated rings. The molecule has 0 unspecified atom stereocenters. The van der Waals surface area contributed by atoms with Crippen molar-refractivity contribution in [1.82, 2.24) is 0 Å². The first-order valence-corrected chi connectivity index (χ1v) is 23.5. The molecule has 10 aromatic rings. The molecule has 10 rings (SSSR count). The highest BCUT2D eigenvalue weighted by Crippen LogP contribution is 2.46. The smallest absolute Gasteiger partial charge is 0.0540 e. The molecule has 0 bridgehead atoms. The zero-order chi connectivity index (χ0) is 46.7. The highest BCUT2D eigenvalue weighted by Gasteiger charge is 2.22. The van der Waals surface area contributed by atoms with Gasteiger partial charge in [0, 0.05) is 67.6 Å². The minimum absolute atomic E-state index is 1.07. The van der Waals surface area contributed by atoms with Gasteiger partial charge in [0.1, 0.15) is 0 Å². The Kier molecular flexibility index (Phi) is 12.1. The largest absolute Gasteiger partial charge is 0.311 e. The quantitative estimate of drug-likeness (QED) is 0.121. The van der Waals surface area contributed by atoms with Crippen LogP contribution in [0, 0.1) is 41.5 Å². The maximum Gasteiger partial charge on any atom is 0.0540 e. The van der Waals surface area contributed by atoms with Crippen molar-refractivity contribution < 1.29 is 0 Å². The molecule has 0 heterocycles. The number of hydrogen-bond donors (Lipinski definition) is 0. The van der Waals surface area contributed by atoms with E-state index in [9.17, 15) is 0 Å². The van der Waals surface area contributed by atoms with E-state index in [1.807, 2.05) is 0 Å². The average Bonchev–Trinajstić information content (AvgIpc) is 3.36. The summed E-state index contributed by atoms with van der Waals surface area (Å²) in [5.41, 5.74) is 20.5. The molecule has 0 atom stereocenters. The van der Waals surface area contributed by atoms with Gasteiger partial charge in [-0.25, -0.2) is 0 Å². The number of fused-ring (bicyclic) bond motifs is 1. The molecule has 4 heteroatoms. The Bertz CT molecular complexity index is 2970. The number of hydrogen-bond acceptors (Lipinski definition) is 4. The monoisotopic (exact) mass is 880 g/mol. The standard InChI is InChI=1S/C64H56N4/c1-45-13-25-51(26-14-45)65(52-27-15-46(2)16-28-52)55-37-41-59(42-38-55)67(57-33-21-49(5)22-34-57)63-11-7-10-62-61(63)9-8-12-64(62)68(58-35-23-50(6)24-36-58)60-43-39-56(40-44-60)66(53-29-17-47(3)18-30-53)54-31-19-48(4)20-32-54/h7-44H,1-6H3. The van der Waals surface area contributed by atoms with Crippen LogP contribution in [0.15, 0.2) is 231 Å². The summed E-state index contributed by atoms with van der Waals surface area (Å²) in [7, 11) is 0. The predicted octanol–water partition coefficient (Wildman–Crippen LogP) is 18.6. The van der Waals surface area contributed by atoms with E-state index in [1.165, 1.54) is 33.4 Å². The minimum atomic E-state index is 1.07. The van der Waals surface area contributed by atoms with Crippen LogP contribution < -0.4 is 19.6 Å². The maximum atomic E-state index is 2.40. The van der Waals surface area contributed by atoms with Crippen LogP contribution in [0.2, 0.25) is 0 Å². The fraction of sp³-hybridized carbons (Fsp3) is 0.0938. The number of aryl methyl sites for hydroxylation is 6.